The van der Waals surface area contributed by atoms with Crippen LogP contribution in [0.3, 0.4) is 0 Å². The number of aromatic nitrogens is 3. The van der Waals surface area contributed by atoms with Crippen LogP contribution < -0.4 is 4.90 Å². The first-order chi connectivity index (χ1) is 13.5. The number of ether oxygens (including phenoxy) is 1. The molecule has 5 nitrogen and oxygen atoms in total. The van der Waals surface area contributed by atoms with Gasteiger partial charge in [0.25, 0.3) is 0 Å². The van der Waals surface area contributed by atoms with E-state index in [4.69, 9.17) is 19.7 Å². The summed E-state index contributed by atoms with van der Waals surface area (Å²) < 4.78 is 7.32. The smallest absolute Gasteiger partial charge is 0.150 e. The predicted octanol–water partition coefficient (Wildman–Crippen LogP) is 4.89. The van der Waals surface area contributed by atoms with Crippen LogP contribution in [0.5, 0.6) is 0 Å². The van der Waals surface area contributed by atoms with E-state index in [-0.39, 0.29) is 5.60 Å². The zero-order valence-electron chi connectivity index (χ0n) is 17.2. The largest absolute Gasteiger partial charge is 0.370 e. The topological polar surface area (TPSA) is 51.1 Å². The fourth-order valence-electron chi connectivity index (χ4n) is 4.60. The summed E-state index contributed by atoms with van der Waals surface area (Å²) in [5.41, 5.74) is 4.76. The van der Waals surface area contributed by atoms with Crippen molar-refractivity contribution in [1.29, 1.82) is 0 Å². The molecule has 6 heteroatoms. The van der Waals surface area contributed by atoms with E-state index >= 15 is 0 Å². The van der Waals surface area contributed by atoms with Crippen LogP contribution in [0.2, 0.25) is 0 Å². The maximum absolute atomic E-state index is 6.12. The van der Waals surface area contributed by atoms with E-state index in [1.165, 1.54) is 39.7 Å². The third-order valence-corrected chi connectivity index (χ3v) is 7.38. The maximum atomic E-state index is 6.12. The Bertz CT molecular complexity index is 1050. The van der Waals surface area contributed by atoms with Gasteiger partial charge in [-0.05, 0) is 44.6 Å². The SMILES string of the molecule is CCc1nc2sc3c(N4CCC(C)CC4)ncnc3c2c2c1COC(C)(C)C2. The molecule has 2 aliphatic heterocycles. The number of hydrogen-bond donors (Lipinski definition) is 0. The standard InChI is InChI=1S/C22H28N4OS/c1-5-16-15-11-27-22(3,4)10-14(15)17-18-19(28-21(17)25-16)20(24-12-23-18)26-8-6-13(2)7-9-26/h12-13H,5-11H2,1-4H3. The number of thiophene rings is 1. The van der Waals surface area contributed by atoms with Gasteiger partial charge in [-0.15, -0.1) is 11.3 Å². The second-order valence-electron chi connectivity index (χ2n) is 8.92. The third kappa shape index (κ3) is 2.89. The average Bonchev–Trinajstić information content (AvgIpc) is 3.06. The fourth-order valence-corrected chi connectivity index (χ4v) is 5.79. The van der Waals surface area contributed by atoms with Gasteiger partial charge in [0.05, 0.1) is 22.4 Å². The number of nitrogens with zero attached hydrogens (tertiary/aromatic N) is 4. The van der Waals surface area contributed by atoms with Crippen LogP contribution in [0.1, 0.15) is 57.4 Å². The molecule has 1 saturated heterocycles. The summed E-state index contributed by atoms with van der Waals surface area (Å²) >= 11 is 1.77. The molecule has 3 aromatic heterocycles. The molecule has 148 valence electrons. The van der Waals surface area contributed by atoms with Crippen LogP contribution in [0.4, 0.5) is 5.82 Å². The number of pyridine rings is 1. The summed E-state index contributed by atoms with van der Waals surface area (Å²) in [6, 6.07) is 0. The van der Waals surface area contributed by atoms with Crippen LogP contribution in [-0.2, 0) is 24.2 Å². The minimum Gasteiger partial charge on any atom is -0.370 e. The molecule has 0 N–H and O–H groups in total. The third-order valence-electron chi connectivity index (χ3n) is 6.31. The van der Waals surface area contributed by atoms with Crippen molar-refractivity contribution in [3.8, 4) is 0 Å². The lowest BCUT2D eigenvalue weighted by atomic mass is 9.89. The van der Waals surface area contributed by atoms with Crippen molar-refractivity contribution in [3.63, 3.8) is 0 Å². The molecule has 1 fully saturated rings. The van der Waals surface area contributed by atoms with Crippen molar-refractivity contribution in [3.05, 3.63) is 23.1 Å². The molecule has 0 amide bonds. The quantitative estimate of drug-likeness (QED) is 0.617. The average molecular weight is 397 g/mol. The summed E-state index contributed by atoms with van der Waals surface area (Å²) in [4.78, 5) is 18.0. The van der Waals surface area contributed by atoms with Gasteiger partial charge in [-0.25, -0.2) is 15.0 Å². The Labute approximate surface area is 170 Å². The molecule has 0 radical (unpaired) electrons. The van der Waals surface area contributed by atoms with Gasteiger partial charge in [0.15, 0.2) is 0 Å². The van der Waals surface area contributed by atoms with Crippen LogP contribution >= 0.6 is 11.3 Å². The van der Waals surface area contributed by atoms with Crippen molar-refractivity contribution in [2.45, 2.75) is 65.6 Å². The number of aryl methyl sites for hydroxylation is 1. The van der Waals surface area contributed by atoms with Gasteiger partial charge < -0.3 is 9.64 Å². The molecule has 0 atom stereocenters. The molecule has 5 heterocycles. The summed E-state index contributed by atoms with van der Waals surface area (Å²) in [5.74, 6) is 1.90. The molecule has 0 spiro atoms. The van der Waals surface area contributed by atoms with E-state index in [0.29, 0.717) is 6.61 Å². The normalized spacial score (nSPS) is 20.1. The minimum atomic E-state index is -0.153. The van der Waals surface area contributed by atoms with Gasteiger partial charge in [-0.2, -0.15) is 0 Å². The summed E-state index contributed by atoms with van der Waals surface area (Å²) in [7, 11) is 0. The predicted molar refractivity (Wildman–Crippen MR) is 115 cm³/mol. The van der Waals surface area contributed by atoms with Crippen molar-refractivity contribution >= 4 is 37.6 Å². The Morgan fingerprint density at radius 2 is 2.00 bits per heavy atom. The molecule has 28 heavy (non-hydrogen) atoms. The maximum Gasteiger partial charge on any atom is 0.150 e. The Morgan fingerprint density at radius 1 is 1.21 bits per heavy atom. The molecular formula is C22H28N4OS. The Balaban J connectivity index is 1.74. The second-order valence-corrected chi connectivity index (χ2v) is 9.92. The zero-order chi connectivity index (χ0) is 19.5. The molecule has 0 aromatic carbocycles. The lowest BCUT2D eigenvalue weighted by Gasteiger charge is -2.33. The fraction of sp³-hybridized carbons (Fsp3) is 0.591. The Morgan fingerprint density at radius 3 is 2.75 bits per heavy atom. The highest BCUT2D eigenvalue weighted by Gasteiger charge is 2.31. The van der Waals surface area contributed by atoms with Gasteiger partial charge >= 0.3 is 0 Å². The monoisotopic (exact) mass is 396 g/mol. The molecule has 0 bridgehead atoms. The van der Waals surface area contributed by atoms with Crippen LogP contribution in [0.15, 0.2) is 6.33 Å². The molecular weight excluding hydrogens is 368 g/mol. The molecule has 0 saturated carbocycles. The summed E-state index contributed by atoms with van der Waals surface area (Å²) in [6.07, 6.45) is 6.04. The zero-order valence-corrected chi connectivity index (χ0v) is 18.0. The van der Waals surface area contributed by atoms with E-state index in [0.717, 1.165) is 48.0 Å². The second kappa shape index (κ2) is 6.63. The van der Waals surface area contributed by atoms with Gasteiger partial charge in [0.1, 0.15) is 17.0 Å². The first kappa shape index (κ1) is 18.3. The summed E-state index contributed by atoms with van der Waals surface area (Å²) in [6.45, 7) is 11.7. The van der Waals surface area contributed by atoms with E-state index in [9.17, 15) is 0 Å². The van der Waals surface area contributed by atoms with Gasteiger partial charge in [0.2, 0.25) is 0 Å². The molecule has 5 rings (SSSR count). The number of rotatable bonds is 2. The Hall–Kier alpha value is -1.79. The van der Waals surface area contributed by atoms with Crippen LogP contribution in [0, 0.1) is 5.92 Å². The van der Waals surface area contributed by atoms with Gasteiger partial charge in [-0.1, -0.05) is 13.8 Å². The van der Waals surface area contributed by atoms with E-state index in [2.05, 4.69) is 32.6 Å². The lowest BCUT2D eigenvalue weighted by molar-refractivity contribution is -0.0401. The molecule has 3 aromatic rings. The van der Waals surface area contributed by atoms with E-state index < -0.39 is 0 Å². The highest BCUT2D eigenvalue weighted by Crippen LogP contribution is 2.43. The number of anilines is 1. The van der Waals surface area contributed by atoms with Gasteiger partial charge in [-0.3, -0.25) is 0 Å². The highest BCUT2D eigenvalue weighted by molar-refractivity contribution is 7.26. The van der Waals surface area contributed by atoms with Crippen molar-refractivity contribution in [2.24, 2.45) is 5.92 Å². The van der Waals surface area contributed by atoms with Gasteiger partial charge in [0, 0.05) is 36.2 Å². The molecule has 2 aliphatic rings. The minimum absolute atomic E-state index is 0.153. The van der Waals surface area contributed by atoms with Crippen molar-refractivity contribution in [2.75, 3.05) is 18.0 Å². The van der Waals surface area contributed by atoms with Crippen molar-refractivity contribution < 1.29 is 4.74 Å². The number of hydrogen-bond acceptors (Lipinski definition) is 6. The number of fused-ring (bicyclic) bond motifs is 5. The number of piperidine rings is 1. The summed E-state index contributed by atoms with van der Waals surface area (Å²) in [5, 5.41) is 1.23. The van der Waals surface area contributed by atoms with Crippen LogP contribution in [-0.4, -0.2) is 33.6 Å². The molecule has 0 unspecified atom stereocenters. The van der Waals surface area contributed by atoms with E-state index in [1.54, 1.807) is 17.7 Å². The van der Waals surface area contributed by atoms with Crippen molar-refractivity contribution in [1.82, 2.24) is 15.0 Å². The first-order valence-electron chi connectivity index (χ1n) is 10.4. The van der Waals surface area contributed by atoms with E-state index in [1.807, 2.05) is 0 Å². The van der Waals surface area contributed by atoms with Crippen LogP contribution in [0.25, 0.3) is 20.4 Å². The Kier molecular flexibility index (Phi) is 4.32. The molecule has 0 aliphatic carbocycles. The lowest BCUT2D eigenvalue weighted by Crippen LogP contribution is -2.33. The highest BCUT2D eigenvalue weighted by atomic mass is 32.1. The first-order valence-corrected chi connectivity index (χ1v) is 11.2.